The van der Waals surface area contributed by atoms with E-state index in [4.69, 9.17) is 0 Å². The molecule has 0 bridgehead atoms. The molecule has 0 aromatic rings. The summed E-state index contributed by atoms with van der Waals surface area (Å²) >= 11 is 2.19. The van der Waals surface area contributed by atoms with E-state index >= 15 is 0 Å². The van der Waals surface area contributed by atoms with Crippen molar-refractivity contribution in [1.29, 1.82) is 0 Å². The van der Waals surface area contributed by atoms with E-state index in [2.05, 4.69) is 35.8 Å². The second-order valence-electron chi connectivity index (χ2n) is 5.56. The van der Waals surface area contributed by atoms with Crippen LogP contribution in [0.4, 0.5) is 0 Å². The Bertz CT molecular complexity index is 216. The number of thioether (sulfide) groups is 1. The van der Waals surface area contributed by atoms with E-state index < -0.39 is 0 Å². The van der Waals surface area contributed by atoms with Gasteiger partial charge in [0.25, 0.3) is 0 Å². The number of nitrogens with zero attached hydrogens (tertiary/aromatic N) is 1. The van der Waals surface area contributed by atoms with Crippen molar-refractivity contribution in [2.45, 2.75) is 50.3 Å². The summed E-state index contributed by atoms with van der Waals surface area (Å²) in [5, 5.41) is 4.63. The molecule has 2 aliphatic heterocycles. The average molecular weight is 242 g/mol. The van der Waals surface area contributed by atoms with E-state index in [1.165, 1.54) is 57.6 Å². The van der Waals surface area contributed by atoms with Gasteiger partial charge in [0.2, 0.25) is 0 Å². The summed E-state index contributed by atoms with van der Waals surface area (Å²) in [7, 11) is 0. The highest BCUT2D eigenvalue weighted by molar-refractivity contribution is 8.00. The van der Waals surface area contributed by atoms with Crippen LogP contribution in [0.5, 0.6) is 0 Å². The van der Waals surface area contributed by atoms with Crippen molar-refractivity contribution in [1.82, 2.24) is 10.2 Å². The van der Waals surface area contributed by atoms with E-state index in [0.717, 1.165) is 5.25 Å². The smallest absolute Gasteiger partial charge is 0.0277 e. The lowest BCUT2D eigenvalue weighted by Crippen LogP contribution is -2.49. The van der Waals surface area contributed by atoms with E-state index in [9.17, 15) is 0 Å². The predicted molar refractivity (Wildman–Crippen MR) is 73.2 cm³/mol. The van der Waals surface area contributed by atoms with Crippen molar-refractivity contribution in [2.24, 2.45) is 0 Å². The van der Waals surface area contributed by atoms with Crippen molar-refractivity contribution < 1.29 is 0 Å². The minimum atomic E-state index is 0.347. The van der Waals surface area contributed by atoms with Crippen LogP contribution in [0.3, 0.4) is 0 Å². The zero-order valence-corrected chi connectivity index (χ0v) is 11.6. The zero-order chi connectivity index (χ0) is 11.4. The predicted octanol–water partition coefficient (Wildman–Crippen LogP) is 2.35. The van der Waals surface area contributed by atoms with Crippen molar-refractivity contribution >= 4 is 11.8 Å². The second-order valence-corrected chi connectivity index (χ2v) is 6.97. The summed E-state index contributed by atoms with van der Waals surface area (Å²) in [5.41, 5.74) is 0.347. The Morgan fingerprint density at radius 3 is 3.00 bits per heavy atom. The van der Waals surface area contributed by atoms with E-state index in [1.807, 2.05) is 0 Å². The maximum Gasteiger partial charge on any atom is 0.0277 e. The van der Waals surface area contributed by atoms with E-state index in [1.54, 1.807) is 0 Å². The summed E-state index contributed by atoms with van der Waals surface area (Å²) in [6.45, 7) is 9.73. The molecule has 0 amide bonds. The van der Waals surface area contributed by atoms with Crippen LogP contribution in [0, 0.1) is 0 Å². The topological polar surface area (TPSA) is 15.3 Å². The Morgan fingerprint density at radius 2 is 2.31 bits per heavy atom. The third-order valence-electron chi connectivity index (χ3n) is 4.04. The maximum absolute atomic E-state index is 3.71. The lowest BCUT2D eigenvalue weighted by Gasteiger charge is -2.33. The maximum atomic E-state index is 3.71. The van der Waals surface area contributed by atoms with Gasteiger partial charge in [-0.05, 0) is 51.4 Å². The highest BCUT2D eigenvalue weighted by atomic mass is 32.2. The largest absolute Gasteiger partial charge is 0.310 e. The van der Waals surface area contributed by atoms with Crippen molar-refractivity contribution in [3.05, 3.63) is 0 Å². The molecule has 2 nitrogen and oxygen atoms in total. The van der Waals surface area contributed by atoms with Crippen molar-refractivity contribution in [3.8, 4) is 0 Å². The normalized spacial score (nSPS) is 37.5. The Kier molecular flexibility index (Phi) is 4.57. The molecule has 94 valence electrons. The van der Waals surface area contributed by atoms with Crippen LogP contribution in [0.15, 0.2) is 0 Å². The molecule has 2 unspecified atom stereocenters. The Labute approximate surface area is 105 Å². The molecular formula is C13H26N2S. The van der Waals surface area contributed by atoms with E-state index in [0.29, 0.717) is 5.54 Å². The lowest BCUT2D eigenvalue weighted by atomic mass is 9.98. The van der Waals surface area contributed by atoms with Gasteiger partial charge in [0.15, 0.2) is 0 Å². The monoisotopic (exact) mass is 242 g/mol. The molecular weight excluding hydrogens is 216 g/mol. The van der Waals surface area contributed by atoms with Gasteiger partial charge in [-0.3, -0.25) is 0 Å². The Morgan fingerprint density at radius 1 is 1.44 bits per heavy atom. The molecule has 2 fully saturated rings. The molecule has 2 heterocycles. The van der Waals surface area contributed by atoms with Crippen molar-refractivity contribution in [3.63, 3.8) is 0 Å². The SMILES string of the molecule is CCC1(C)CN(CC2CCCS2)CCCN1. The first kappa shape index (κ1) is 12.7. The fourth-order valence-corrected chi connectivity index (χ4v) is 4.11. The van der Waals surface area contributed by atoms with Gasteiger partial charge in [0, 0.05) is 23.9 Å². The lowest BCUT2D eigenvalue weighted by molar-refractivity contribution is 0.215. The molecule has 0 aliphatic carbocycles. The first-order valence-corrected chi connectivity index (χ1v) is 7.86. The molecule has 2 aliphatic rings. The minimum absolute atomic E-state index is 0.347. The summed E-state index contributed by atoms with van der Waals surface area (Å²) < 4.78 is 0. The number of hydrogen-bond donors (Lipinski definition) is 1. The third-order valence-corrected chi connectivity index (χ3v) is 5.42. The Hall–Kier alpha value is 0.270. The molecule has 2 saturated heterocycles. The van der Waals surface area contributed by atoms with Crippen LogP contribution in [0.25, 0.3) is 0 Å². The minimum Gasteiger partial charge on any atom is -0.310 e. The van der Waals surface area contributed by atoms with Gasteiger partial charge in [-0.2, -0.15) is 11.8 Å². The van der Waals surface area contributed by atoms with Gasteiger partial charge in [-0.1, -0.05) is 6.92 Å². The zero-order valence-electron chi connectivity index (χ0n) is 10.8. The average Bonchev–Trinajstić information content (AvgIpc) is 2.69. The second kappa shape index (κ2) is 5.74. The molecule has 2 rings (SSSR count). The van der Waals surface area contributed by atoms with Crippen LogP contribution in [0.2, 0.25) is 0 Å². The van der Waals surface area contributed by atoms with Gasteiger partial charge >= 0.3 is 0 Å². The fraction of sp³-hybridized carbons (Fsp3) is 1.00. The molecule has 0 saturated carbocycles. The Balaban J connectivity index is 1.87. The van der Waals surface area contributed by atoms with Gasteiger partial charge in [-0.25, -0.2) is 0 Å². The van der Waals surface area contributed by atoms with Crippen LogP contribution >= 0.6 is 11.8 Å². The summed E-state index contributed by atoms with van der Waals surface area (Å²) in [6.07, 6.45) is 5.43. The molecule has 1 N–H and O–H groups in total. The van der Waals surface area contributed by atoms with Crippen LogP contribution in [0.1, 0.15) is 39.5 Å². The first-order valence-electron chi connectivity index (χ1n) is 6.81. The van der Waals surface area contributed by atoms with Gasteiger partial charge in [0.05, 0.1) is 0 Å². The van der Waals surface area contributed by atoms with Crippen LogP contribution in [-0.2, 0) is 0 Å². The number of hydrogen-bond acceptors (Lipinski definition) is 3. The van der Waals surface area contributed by atoms with Crippen molar-refractivity contribution in [2.75, 3.05) is 31.9 Å². The highest BCUT2D eigenvalue weighted by Gasteiger charge is 2.28. The molecule has 0 spiro atoms. The standard InChI is InChI=1S/C13H26N2S/c1-3-13(2)11-15(8-5-7-14-13)10-12-6-4-9-16-12/h12,14H,3-11H2,1-2H3. The molecule has 3 heteroatoms. The number of nitrogens with one attached hydrogen (secondary N) is 1. The van der Waals surface area contributed by atoms with Crippen LogP contribution < -0.4 is 5.32 Å². The molecule has 0 aromatic heterocycles. The van der Waals surface area contributed by atoms with E-state index in [-0.39, 0.29) is 0 Å². The van der Waals surface area contributed by atoms with Gasteiger partial charge in [0.1, 0.15) is 0 Å². The third kappa shape index (κ3) is 3.38. The quantitative estimate of drug-likeness (QED) is 0.818. The molecule has 16 heavy (non-hydrogen) atoms. The highest BCUT2D eigenvalue weighted by Crippen LogP contribution is 2.27. The first-order chi connectivity index (χ1) is 7.72. The van der Waals surface area contributed by atoms with Crippen LogP contribution in [-0.4, -0.2) is 47.6 Å². The van der Waals surface area contributed by atoms with Gasteiger partial charge in [-0.15, -0.1) is 0 Å². The van der Waals surface area contributed by atoms with Gasteiger partial charge < -0.3 is 10.2 Å². The fourth-order valence-electron chi connectivity index (χ4n) is 2.79. The molecule has 2 atom stereocenters. The summed E-state index contributed by atoms with van der Waals surface area (Å²) in [4.78, 5) is 2.70. The summed E-state index contributed by atoms with van der Waals surface area (Å²) in [5.74, 6) is 1.39. The summed E-state index contributed by atoms with van der Waals surface area (Å²) in [6, 6.07) is 0. The molecule has 0 radical (unpaired) electrons. The molecule has 0 aromatic carbocycles. The number of rotatable bonds is 3.